The summed E-state index contributed by atoms with van der Waals surface area (Å²) >= 11 is 1.37. The summed E-state index contributed by atoms with van der Waals surface area (Å²) < 4.78 is 1.49. The number of aromatic amines is 1. The number of anilines is 1. The largest absolute Gasteiger partial charge is 0.372 e. The Kier molecular flexibility index (Phi) is 3.57. The number of aromatic nitrogens is 4. The van der Waals surface area contributed by atoms with Crippen molar-refractivity contribution in [2.24, 2.45) is 0 Å². The Hall–Kier alpha value is -2.42. The molecule has 0 fully saturated rings. The fourth-order valence-corrected chi connectivity index (χ4v) is 2.89. The number of hydrogen-bond donors (Lipinski definition) is 2. The third-order valence-electron chi connectivity index (χ3n) is 3.26. The summed E-state index contributed by atoms with van der Waals surface area (Å²) in [6, 6.07) is 0. The Morgan fingerprint density at radius 1 is 1.57 bits per heavy atom. The zero-order valence-corrected chi connectivity index (χ0v) is 12.2. The molecule has 3 aromatic rings. The molecular formula is C12H14N6O2S. The highest BCUT2D eigenvalue weighted by Crippen LogP contribution is 2.27. The highest BCUT2D eigenvalue weighted by molar-refractivity contribution is 7.15. The van der Waals surface area contributed by atoms with Crippen LogP contribution >= 0.6 is 11.3 Å². The molecule has 0 amide bonds. The summed E-state index contributed by atoms with van der Waals surface area (Å²) in [4.78, 5) is 15.6. The van der Waals surface area contributed by atoms with Gasteiger partial charge in [0, 0.05) is 17.6 Å². The molecule has 3 heterocycles. The molecule has 21 heavy (non-hydrogen) atoms. The van der Waals surface area contributed by atoms with Crippen LogP contribution in [0.4, 0.5) is 11.6 Å². The summed E-state index contributed by atoms with van der Waals surface area (Å²) in [6.07, 6.45) is 5.18. The van der Waals surface area contributed by atoms with Crippen molar-refractivity contribution in [1.82, 2.24) is 19.6 Å². The lowest BCUT2D eigenvalue weighted by Gasteiger charge is -2.03. The third kappa shape index (κ3) is 2.59. The van der Waals surface area contributed by atoms with Crippen LogP contribution < -0.4 is 5.32 Å². The molecule has 110 valence electrons. The van der Waals surface area contributed by atoms with E-state index in [0.29, 0.717) is 17.3 Å². The highest BCUT2D eigenvalue weighted by Gasteiger charge is 2.22. The molecule has 0 aliphatic rings. The third-order valence-corrected chi connectivity index (χ3v) is 4.02. The lowest BCUT2D eigenvalue weighted by atomic mass is 10.1. The van der Waals surface area contributed by atoms with Gasteiger partial charge in [0.15, 0.2) is 0 Å². The van der Waals surface area contributed by atoms with Crippen LogP contribution in [-0.2, 0) is 6.42 Å². The number of rotatable bonds is 6. The van der Waals surface area contributed by atoms with Gasteiger partial charge in [0.25, 0.3) is 4.96 Å². The number of H-pyrrole nitrogens is 1. The Morgan fingerprint density at radius 2 is 2.43 bits per heavy atom. The summed E-state index contributed by atoms with van der Waals surface area (Å²) in [5.41, 5.74) is 2.22. The number of aryl methyl sites for hydroxylation is 2. The first kappa shape index (κ1) is 13.6. The molecule has 9 heteroatoms. The number of thiazole rings is 1. The minimum absolute atomic E-state index is 0.00857. The van der Waals surface area contributed by atoms with Crippen molar-refractivity contribution in [3.05, 3.63) is 39.1 Å². The van der Waals surface area contributed by atoms with Gasteiger partial charge in [-0.25, -0.2) is 0 Å². The summed E-state index contributed by atoms with van der Waals surface area (Å²) in [7, 11) is 0. The lowest BCUT2D eigenvalue weighted by Crippen LogP contribution is -2.06. The van der Waals surface area contributed by atoms with Crippen LogP contribution in [0.1, 0.15) is 17.7 Å². The number of nitrogens with zero attached hydrogens (tertiary/aromatic N) is 4. The lowest BCUT2D eigenvalue weighted by molar-refractivity contribution is -0.389. The van der Waals surface area contributed by atoms with Crippen LogP contribution in [0.5, 0.6) is 0 Å². The normalized spacial score (nSPS) is 11.1. The second kappa shape index (κ2) is 5.52. The van der Waals surface area contributed by atoms with Gasteiger partial charge >= 0.3 is 5.82 Å². The number of fused-ring (bicyclic) bond motifs is 1. The van der Waals surface area contributed by atoms with Gasteiger partial charge < -0.3 is 15.4 Å². The van der Waals surface area contributed by atoms with Crippen LogP contribution in [0, 0.1) is 17.0 Å². The van der Waals surface area contributed by atoms with Gasteiger partial charge in [0.2, 0.25) is 5.82 Å². The van der Waals surface area contributed by atoms with E-state index in [-0.39, 0.29) is 5.82 Å². The van der Waals surface area contributed by atoms with Crippen LogP contribution in [0.2, 0.25) is 0 Å². The maximum atomic E-state index is 11.2. The smallest absolute Gasteiger partial charge is 0.363 e. The van der Waals surface area contributed by atoms with Crippen molar-refractivity contribution in [3.8, 4) is 0 Å². The van der Waals surface area contributed by atoms with E-state index >= 15 is 0 Å². The molecule has 0 aliphatic heterocycles. The van der Waals surface area contributed by atoms with Gasteiger partial charge in [-0.05, 0) is 30.3 Å². The van der Waals surface area contributed by atoms with Gasteiger partial charge in [-0.1, -0.05) is 11.3 Å². The average Bonchev–Trinajstić information content (AvgIpc) is 3.10. The van der Waals surface area contributed by atoms with Crippen molar-refractivity contribution >= 4 is 27.9 Å². The first-order valence-corrected chi connectivity index (χ1v) is 7.37. The first-order valence-electron chi connectivity index (χ1n) is 6.49. The van der Waals surface area contributed by atoms with Gasteiger partial charge in [-0.15, -0.1) is 0 Å². The van der Waals surface area contributed by atoms with Gasteiger partial charge in [0.1, 0.15) is 6.20 Å². The van der Waals surface area contributed by atoms with E-state index < -0.39 is 4.92 Å². The summed E-state index contributed by atoms with van der Waals surface area (Å²) in [5, 5.41) is 22.8. The summed E-state index contributed by atoms with van der Waals surface area (Å²) in [6.45, 7) is 2.60. The van der Waals surface area contributed by atoms with Gasteiger partial charge in [-0.2, -0.15) is 14.5 Å². The number of hydrogen-bond acceptors (Lipinski definition) is 6. The van der Waals surface area contributed by atoms with Crippen LogP contribution in [-0.4, -0.2) is 31.1 Å². The fraction of sp³-hybridized carbons (Fsp3) is 0.333. The van der Waals surface area contributed by atoms with E-state index in [1.165, 1.54) is 15.7 Å². The minimum Gasteiger partial charge on any atom is -0.363 e. The Labute approximate surface area is 124 Å². The zero-order chi connectivity index (χ0) is 14.8. The number of nitrogens with one attached hydrogen (secondary N) is 2. The van der Waals surface area contributed by atoms with Crippen molar-refractivity contribution in [1.29, 1.82) is 0 Å². The predicted molar refractivity (Wildman–Crippen MR) is 79.9 cm³/mol. The van der Waals surface area contributed by atoms with E-state index in [1.54, 1.807) is 11.6 Å². The van der Waals surface area contributed by atoms with Crippen molar-refractivity contribution in [2.45, 2.75) is 19.8 Å². The molecule has 0 aliphatic carbocycles. The summed E-state index contributed by atoms with van der Waals surface area (Å²) in [5.74, 6) is 0.321. The molecule has 0 bridgehead atoms. The second-order valence-electron chi connectivity index (χ2n) is 4.65. The molecule has 0 atom stereocenters. The quantitative estimate of drug-likeness (QED) is 0.413. The fourth-order valence-electron chi connectivity index (χ4n) is 2.18. The van der Waals surface area contributed by atoms with Crippen molar-refractivity contribution < 1.29 is 4.92 Å². The molecule has 0 saturated heterocycles. The molecule has 2 N–H and O–H groups in total. The van der Waals surface area contributed by atoms with Crippen LogP contribution in [0.15, 0.2) is 17.8 Å². The Bertz CT molecular complexity index is 774. The van der Waals surface area contributed by atoms with Crippen molar-refractivity contribution in [3.63, 3.8) is 0 Å². The molecule has 0 radical (unpaired) electrons. The standard InChI is InChI=1S/C12H14N6O2S/c1-8-9(7-14-16-8)3-2-4-13-10-11(18(19)20)17-5-6-21-12(17)15-10/h5-7,13H,2-4H2,1H3,(H,14,16). The van der Waals surface area contributed by atoms with E-state index in [1.807, 2.05) is 13.1 Å². The monoisotopic (exact) mass is 306 g/mol. The van der Waals surface area contributed by atoms with Gasteiger partial charge in [0.05, 0.1) is 6.20 Å². The number of imidazole rings is 1. The predicted octanol–water partition coefficient (Wildman–Crippen LogP) is 2.38. The first-order chi connectivity index (χ1) is 10.2. The van der Waals surface area contributed by atoms with Crippen LogP contribution in [0.3, 0.4) is 0 Å². The molecular weight excluding hydrogens is 292 g/mol. The van der Waals surface area contributed by atoms with E-state index in [4.69, 9.17) is 0 Å². The maximum Gasteiger partial charge on any atom is 0.372 e. The highest BCUT2D eigenvalue weighted by atomic mass is 32.1. The SMILES string of the molecule is Cc1[nH]ncc1CCCNc1nc2sccn2c1[N+](=O)[O-]. The van der Waals surface area contributed by atoms with Crippen molar-refractivity contribution in [2.75, 3.05) is 11.9 Å². The molecule has 8 nitrogen and oxygen atoms in total. The van der Waals surface area contributed by atoms with Gasteiger partial charge in [-0.3, -0.25) is 5.10 Å². The zero-order valence-electron chi connectivity index (χ0n) is 11.4. The molecule has 3 aromatic heterocycles. The second-order valence-corrected chi connectivity index (χ2v) is 5.52. The molecule has 0 aromatic carbocycles. The van der Waals surface area contributed by atoms with Crippen LogP contribution in [0.25, 0.3) is 4.96 Å². The minimum atomic E-state index is -0.407. The number of nitro groups is 1. The molecule has 0 saturated carbocycles. The van der Waals surface area contributed by atoms with E-state index in [0.717, 1.165) is 24.1 Å². The van der Waals surface area contributed by atoms with E-state index in [2.05, 4.69) is 20.5 Å². The molecule has 0 spiro atoms. The molecule has 0 unspecified atom stereocenters. The molecule has 3 rings (SSSR count). The Morgan fingerprint density at radius 3 is 3.14 bits per heavy atom. The maximum absolute atomic E-state index is 11.2. The average molecular weight is 306 g/mol. The Balaban J connectivity index is 1.65. The van der Waals surface area contributed by atoms with E-state index in [9.17, 15) is 10.1 Å². The topological polar surface area (TPSA) is 101 Å².